The van der Waals surface area contributed by atoms with Gasteiger partial charge in [-0.3, -0.25) is 0 Å². The third kappa shape index (κ3) is 3.80. The Kier molecular flexibility index (Phi) is 5.27. The minimum atomic E-state index is 0.444. The zero-order chi connectivity index (χ0) is 7.28. The van der Waals surface area contributed by atoms with Gasteiger partial charge in [-0.05, 0) is 16.8 Å². The van der Waals surface area contributed by atoms with Crippen LogP contribution in [0.5, 0.6) is 0 Å². The summed E-state index contributed by atoms with van der Waals surface area (Å²) in [5.41, 5.74) is 0. The number of hydrogen-bond donors (Lipinski definition) is 0. The zero-order valence-electron chi connectivity index (χ0n) is 6.02. The van der Waals surface area contributed by atoms with Crippen molar-refractivity contribution in [3.8, 4) is 12.3 Å². The third-order valence-electron chi connectivity index (χ3n) is 1.68. The molecule has 0 aromatic carbocycles. The van der Waals surface area contributed by atoms with E-state index in [1.807, 2.05) is 0 Å². The fraction of sp³-hybridized carbons (Fsp3) is 0.750. The molecule has 0 aliphatic heterocycles. The van der Waals surface area contributed by atoms with Crippen molar-refractivity contribution < 1.29 is 0 Å². The molecule has 1 heteroatoms. The lowest BCUT2D eigenvalue weighted by atomic mass is 9.95. The Hall–Kier alpha value is 0.290. The van der Waals surface area contributed by atoms with Crippen molar-refractivity contribution in [2.75, 3.05) is 4.43 Å². The highest BCUT2D eigenvalue weighted by Crippen LogP contribution is 2.14. The molecule has 0 bridgehead atoms. The molecule has 52 valence electrons. The fourth-order valence-electron chi connectivity index (χ4n) is 0.586. The molecule has 0 aliphatic rings. The molecule has 0 saturated carbocycles. The maximum Gasteiger partial charge on any atom is 0.0197 e. The van der Waals surface area contributed by atoms with Crippen LogP contribution in [0.2, 0.25) is 0 Å². The van der Waals surface area contributed by atoms with Crippen LogP contribution in [0.1, 0.15) is 20.3 Å². The summed E-state index contributed by atoms with van der Waals surface area (Å²) in [4.78, 5) is 0. The number of rotatable bonds is 3. The van der Waals surface area contributed by atoms with Crippen LogP contribution in [-0.4, -0.2) is 4.43 Å². The molecular weight excluding hydrogens is 223 g/mol. The van der Waals surface area contributed by atoms with Crippen molar-refractivity contribution in [1.82, 2.24) is 0 Å². The monoisotopic (exact) mass is 236 g/mol. The topological polar surface area (TPSA) is 0 Å². The highest BCUT2D eigenvalue weighted by Gasteiger charge is 2.06. The van der Waals surface area contributed by atoms with Crippen LogP contribution in [0.15, 0.2) is 0 Å². The van der Waals surface area contributed by atoms with E-state index in [1.54, 1.807) is 0 Å². The molecule has 0 amide bonds. The lowest BCUT2D eigenvalue weighted by Crippen LogP contribution is -2.05. The molecule has 0 fully saturated rings. The minimum absolute atomic E-state index is 0.444. The molecule has 0 radical (unpaired) electrons. The zero-order valence-corrected chi connectivity index (χ0v) is 8.18. The molecule has 0 saturated heterocycles. The van der Waals surface area contributed by atoms with Gasteiger partial charge in [0.2, 0.25) is 0 Å². The largest absolute Gasteiger partial charge is 0.120 e. The molecule has 0 N–H and O–H groups in total. The van der Waals surface area contributed by atoms with E-state index in [1.165, 1.54) is 10.8 Å². The Balaban J connectivity index is 3.48. The van der Waals surface area contributed by atoms with Crippen LogP contribution in [0.4, 0.5) is 0 Å². The number of hydrogen-bond acceptors (Lipinski definition) is 0. The van der Waals surface area contributed by atoms with Crippen molar-refractivity contribution in [2.24, 2.45) is 11.8 Å². The summed E-state index contributed by atoms with van der Waals surface area (Å²) < 4.78 is 1.21. The van der Waals surface area contributed by atoms with E-state index in [0.29, 0.717) is 11.8 Å². The summed E-state index contributed by atoms with van der Waals surface area (Å²) in [5.74, 6) is 3.88. The van der Waals surface area contributed by atoms with Gasteiger partial charge in [-0.1, -0.05) is 36.4 Å². The summed E-state index contributed by atoms with van der Waals surface area (Å²) in [7, 11) is 0. The van der Waals surface area contributed by atoms with E-state index in [-0.39, 0.29) is 0 Å². The summed E-state index contributed by atoms with van der Waals surface area (Å²) in [6.45, 7) is 4.32. The number of halogens is 1. The molecule has 9 heavy (non-hydrogen) atoms. The fourth-order valence-corrected chi connectivity index (χ4v) is 1.57. The lowest BCUT2D eigenvalue weighted by Gasteiger charge is -2.11. The first-order chi connectivity index (χ1) is 4.22. The van der Waals surface area contributed by atoms with Crippen LogP contribution >= 0.6 is 22.6 Å². The van der Waals surface area contributed by atoms with Crippen molar-refractivity contribution in [3.05, 3.63) is 0 Å². The molecule has 0 nitrogen and oxygen atoms in total. The first-order valence-corrected chi connectivity index (χ1v) is 4.77. The van der Waals surface area contributed by atoms with Gasteiger partial charge in [0.05, 0.1) is 0 Å². The van der Waals surface area contributed by atoms with Crippen molar-refractivity contribution in [3.63, 3.8) is 0 Å². The van der Waals surface area contributed by atoms with E-state index in [4.69, 9.17) is 6.42 Å². The predicted octanol–water partition coefficient (Wildman–Crippen LogP) is 2.72. The van der Waals surface area contributed by atoms with E-state index in [2.05, 4.69) is 42.4 Å². The van der Waals surface area contributed by atoms with Gasteiger partial charge >= 0.3 is 0 Å². The molecule has 0 aliphatic carbocycles. The molecule has 2 unspecified atom stereocenters. The van der Waals surface area contributed by atoms with Crippen LogP contribution in [-0.2, 0) is 0 Å². The summed E-state index contributed by atoms with van der Waals surface area (Å²) >= 11 is 2.38. The van der Waals surface area contributed by atoms with Gasteiger partial charge in [0.15, 0.2) is 0 Å². The minimum Gasteiger partial charge on any atom is -0.120 e. The second-order valence-corrected chi connectivity index (χ2v) is 3.49. The van der Waals surface area contributed by atoms with Gasteiger partial charge in [0.1, 0.15) is 0 Å². The first-order valence-electron chi connectivity index (χ1n) is 3.24. The molecule has 0 heterocycles. The Morgan fingerprint density at radius 1 is 1.56 bits per heavy atom. The van der Waals surface area contributed by atoms with Crippen LogP contribution < -0.4 is 0 Å². The lowest BCUT2D eigenvalue weighted by molar-refractivity contribution is 0.465. The highest BCUT2D eigenvalue weighted by atomic mass is 127. The smallest absolute Gasteiger partial charge is 0.0197 e. The molecule has 0 aromatic rings. The average molecular weight is 236 g/mol. The van der Waals surface area contributed by atoms with Gasteiger partial charge in [0, 0.05) is 5.92 Å². The number of terminal acetylenes is 1. The second kappa shape index (κ2) is 5.10. The Morgan fingerprint density at radius 2 is 2.11 bits per heavy atom. The van der Waals surface area contributed by atoms with Crippen LogP contribution in [0, 0.1) is 24.2 Å². The second-order valence-electron chi connectivity index (χ2n) is 2.41. The Morgan fingerprint density at radius 3 is 2.44 bits per heavy atom. The Bertz CT molecular complexity index is 102. The predicted molar refractivity (Wildman–Crippen MR) is 50.7 cm³/mol. The van der Waals surface area contributed by atoms with Gasteiger partial charge in [-0.2, -0.15) is 0 Å². The van der Waals surface area contributed by atoms with Crippen molar-refractivity contribution in [2.45, 2.75) is 20.3 Å². The van der Waals surface area contributed by atoms with Crippen molar-refractivity contribution in [1.29, 1.82) is 0 Å². The van der Waals surface area contributed by atoms with Gasteiger partial charge in [0.25, 0.3) is 0 Å². The molecule has 0 spiro atoms. The molecule has 0 aromatic heterocycles. The third-order valence-corrected chi connectivity index (χ3v) is 2.30. The maximum absolute atomic E-state index is 5.25. The summed E-state index contributed by atoms with van der Waals surface area (Å²) in [6.07, 6.45) is 6.49. The normalized spacial score (nSPS) is 16.2. The van der Waals surface area contributed by atoms with Crippen LogP contribution in [0.25, 0.3) is 0 Å². The SMILES string of the molecule is C#CC(C)C(C)CCI. The molecule has 0 rings (SSSR count). The highest BCUT2D eigenvalue weighted by molar-refractivity contribution is 14.1. The van der Waals surface area contributed by atoms with E-state index in [9.17, 15) is 0 Å². The Labute approximate surface area is 71.6 Å². The maximum atomic E-state index is 5.25. The summed E-state index contributed by atoms with van der Waals surface area (Å²) in [5, 5.41) is 0. The van der Waals surface area contributed by atoms with Crippen LogP contribution in [0.3, 0.4) is 0 Å². The molecular formula is C8H13I. The summed E-state index contributed by atoms with van der Waals surface area (Å²) in [6, 6.07) is 0. The molecule has 2 atom stereocenters. The first kappa shape index (κ1) is 9.29. The van der Waals surface area contributed by atoms with E-state index in [0.717, 1.165) is 0 Å². The average Bonchev–Trinajstić information content (AvgIpc) is 1.87. The van der Waals surface area contributed by atoms with Crippen molar-refractivity contribution >= 4 is 22.6 Å². The van der Waals surface area contributed by atoms with Gasteiger partial charge in [-0.25, -0.2) is 0 Å². The standard InChI is InChI=1S/C8H13I/c1-4-7(2)8(3)5-6-9/h1,7-8H,5-6H2,2-3H3. The quantitative estimate of drug-likeness (QED) is 0.401. The van der Waals surface area contributed by atoms with Gasteiger partial charge in [-0.15, -0.1) is 12.3 Å². The van der Waals surface area contributed by atoms with Gasteiger partial charge < -0.3 is 0 Å². The number of alkyl halides is 1. The van der Waals surface area contributed by atoms with E-state index < -0.39 is 0 Å². The van der Waals surface area contributed by atoms with E-state index >= 15 is 0 Å².